The number of nitrogens with two attached hydrogens (primary N) is 2. The first-order chi connectivity index (χ1) is 6.79. The smallest absolute Gasteiger partial charge is 0.292 e. The van der Waals surface area contributed by atoms with Gasteiger partial charge in [-0.15, -0.1) is 0 Å². The first-order valence-corrected chi connectivity index (χ1v) is 4.30. The van der Waals surface area contributed by atoms with Crippen molar-refractivity contribution in [3.63, 3.8) is 0 Å². The summed E-state index contributed by atoms with van der Waals surface area (Å²) in [6, 6.07) is 7.99. The molecule has 0 saturated heterocycles. The second-order valence-electron chi connectivity index (χ2n) is 2.97. The lowest BCUT2D eigenvalue weighted by atomic mass is 10.1. The predicted molar refractivity (Wildman–Crippen MR) is 54.2 cm³/mol. The normalized spacial score (nSPS) is 10.4. The number of anilines is 1. The fourth-order valence-corrected chi connectivity index (χ4v) is 1.23. The summed E-state index contributed by atoms with van der Waals surface area (Å²) < 4.78 is 4.92. The molecule has 0 bridgehead atoms. The quantitative estimate of drug-likeness (QED) is 0.748. The second kappa shape index (κ2) is 3.51. The fraction of sp³-hybridized carbons (Fsp3) is 0.100. The summed E-state index contributed by atoms with van der Waals surface area (Å²) in [4.78, 5) is 4.02. The highest BCUT2D eigenvalue weighted by Crippen LogP contribution is 2.19. The van der Waals surface area contributed by atoms with Crippen molar-refractivity contribution in [2.75, 3.05) is 5.73 Å². The average Bonchev–Trinajstić information content (AvgIpc) is 2.65. The summed E-state index contributed by atoms with van der Waals surface area (Å²) in [7, 11) is 0. The van der Waals surface area contributed by atoms with Crippen molar-refractivity contribution in [2.24, 2.45) is 5.73 Å². The molecule has 4 N–H and O–H groups in total. The number of nitrogens with zero attached hydrogens (tertiary/aromatic N) is 1. The van der Waals surface area contributed by atoms with Gasteiger partial charge >= 0.3 is 0 Å². The second-order valence-corrected chi connectivity index (χ2v) is 2.97. The van der Waals surface area contributed by atoms with E-state index in [0.717, 1.165) is 16.8 Å². The Morgan fingerprint density at radius 2 is 1.93 bits per heavy atom. The Morgan fingerprint density at radius 1 is 1.21 bits per heavy atom. The third-order valence-electron chi connectivity index (χ3n) is 2.01. The van der Waals surface area contributed by atoms with Crippen LogP contribution in [0.3, 0.4) is 0 Å². The largest absolute Gasteiger partial charge is 0.432 e. The number of nitrogen functional groups attached to an aromatic ring is 1. The maximum atomic E-state index is 5.49. The van der Waals surface area contributed by atoms with Crippen LogP contribution in [0.15, 0.2) is 34.9 Å². The van der Waals surface area contributed by atoms with Crippen molar-refractivity contribution < 1.29 is 4.42 Å². The number of hydrogen-bond donors (Lipinski definition) is 2. The average molecular weight is 189 g/mol. The van der Waals surface area contributed by atoms with Gasteiger partial charge in [0.1, 0.15) is 12.0 Å². The van der Waals surface area contributed by atoms with Crippen LogP contribution in [0.4, 0.5) is 6.01 Å². The number of rotatable bonds is 2. The van der Waals surface area contributed by atoms with Crippen molar-refractivity contribution in [1.29, 1.82) is 0 Å². The van der Waals surface area contributed by atoms with Crippen molar-refractivity contribution in [1.82, 2.24) is 4.98 Å². The van der Waals surface area contributed by atoms with E-state index in [9.17, 15) is 0 Å². The topological polar surface area (TPSA) is 78.1 Å². The van der Waals surface area contributed by atoms with Gasteiger partial charge in [-0.1, -0.05) is 24.3 Å². The van der Waals surface area contributed by atoms with E-state index in [-0.39, 0.29) is 6.01 Å². The van der Waals surface area contributed by atoms with Crippen molar-refractivity contribution in [2.45, 2.75) is 6.54 Å². The highest BCUT2D eigenvalue weighted by molar-refractivity contribution is 5.59. The molecule has 0 radical (unpaired) electrons. The molecule has 1 heterocycles. The molecule has 14 heavy (non-hydrogen) atoms. The molecular weight excluding hydrogens is 178 g/mol. The molecule has 2 rings (SSSR count). The molecule has 1 aromatic heterocycles. The van der Waals surface area contributed by atoms with Gasteiger partial charge in [-0.2, -0.15) is 4.98 Å². The van der Waals surface area contributed by atoms with Crippen LogP contribution < -0.4 is 11.5 Å². The van der Waals surface area contributed by atoms with Gasteiger partial charge in [-0.05, 0) is 5.56 Å². The van der Waals surface area contributed by atoms with E-state index in [4.69, 9.17) is 15.9 Å². The molecule has 0 aliphatic heterocycles. The Bertz CT molecular complexity index is 419. The minimum atomic E-state index is 0.183. The van der Waals surface area contributed by atoms with Crippen LogP contribution in [0.25, 0.3) is 11.3 Å². The minimum absolute atomic E-state index is 0.183. The zero-order valence-electron chi connectivity index (χ0n) is 7.60. The van der Waals surface area contributed by atoms with Crippen LogP contribution in [0.5, 0.6) is 0 Å². The summed E-state index contributed by atoms with van der Waals surface area (Å²) >= 11 is 0. The molecule has 4 heteroatoms. The zero-order valence-corrected chi connectivity index (χ0v) is 7.60. The molecule has 0 aliphatic rings. The minimum Gasteiger partial charge on any atom is -0.432 e. The molecule has 72 valence electrons. The molecule has 0 aliphatic carbocycles. The van der Waals surface area contributed by atoms with Crippen LogP contribution in [-0.4, -0.2) is 4.98 Å². The summed E-state index contributed by atoms with van der Waals surface area (Å²) in [5.41, 5.74) is 13.7. The van der Waals surface area contributed by atoms with Crippen LogP contribution in [0.1, 0.15) is 5.56 Å². The van der Waals surface area contributed by atoms with Crippen LogP contribution in [0, 0.1) is 0 Å². The Morgan fingerprint density at radius 3 is 2.43 bits per heavy atom. The van der Waals surface area contributed by atoms with Gasteiger partial charge in [0, 0.05) is 12.1 Å². The summed E-state index contributed by atoms with van der Waals surface area (Å²) in [6.45, 7) is 0.543. The maximum absolute atomic E-state index is 5.49. The number of aromatic nitrogens is 1. The first-order valence-electron chi connectivity index (χ1n) is 4.30. The number of benzene rings is 1. The van der Waals surface area contributed by atoms with Crippen LogP contribution >= 0.6 is 0 Å². The van der Waals surface area contributed by atoms with E-state index in [2.05, 4.69) is 4.98 Å². The summed E-state index contributed by atoms with van der Waals surface area (Å²) in [6.07, 6.45) is 1.53. The van der Waals surface area contributed by atoms with E-state index in [1.54, 1.807) is 0 Å². The zero-order chi connectivity index (χ0) is 9.97. The van der Waals surface area contributed by atoms with Gasteiger partial charge in [0.25, 0.3) is 6.01 Å². The molecular formula is C10H11N3O. The van der Waals surface area contributed by atoms with E-state index in [0.29, 0.717) is 6.54 Å². The van der Waals surface area contributed by atoms with E-state index < -0.39 is 0 Å². The monoisotopic (exact) mass is 189 g/mol. The number of oxazole rings is 1. The molecule has 0 unspecified atom stereocenters. The highest BCUT2D eigenvalue weighted by atomic mass is 16.4. The highest BCUT2D eigenvalue weighted by Gasteiger charge is 2.02. The Balaban J connectivity index is 2.33. The molecule has 0 fully saturated rings. The van der Waals surface area contributed by atoms with Crippen LogP contribution in [-0.2, 0) is 6.54 Å². The van der Waals surface area contributed by atoms with Gasteiger partial charge in [0.05, 0.1) is 0 Å². The lowest BCUT2D eigenvalue weighted by molar-refractivity contribution is 0.581. The predicted octanol–water partition coefficient (Wildman–Crippen LogP) is 1.38. The number of hydrogen-bond acceptors (Lipinski definition) is 4. The lowest BCUT2D eigenvalue weighted by Crippen LogP contribution is -1.95. The maximum Gasteiger partial charge on any atom is 0.292 e. The van der Waals surface area contributed by atoms with E-state index in [1.807, 2.05) is 24.3 Å². The SMILES string of the molecule is NCc1ccc(-c2coc(N)n2)cc1. The van der Waals surface area contributed by atoms with Crippen LogP contribution in [0.2, 0.25) is 0 Å². The van der Waals surface area contributed by atoms with Gasteiger partial charge in [0.15, 0.2) is 0 Å². The molecule has 0 atom stereocenters. The summed E-state index contributed by atoms with van der Waals surface area (Å²) in [5.74, 6) is 0. The lowest BCUT2D eigenvalue weighted by Gasteiger charge is -1.97. The molecule has 0 amide bonds. The molecule has 2 aromatic rings. The van der Waals surface area contributed by atoms with Gasteiger partial charge in [-0.25, -0.2) is 0 Å². The van der Waals surface area contributed by atoms with Crippen molar-refractivity contribution in [3.8, 4) is 11.3 Å². The Hall–Kier alpha value is -1.81. The molecule has 0 spiro atoms. The van der Waals surface area contributed by atoms with Gasteiger partial charge < -0.3 is 15.9 Å². The van der Waals surface area contributed by atoms with E-state index in [1.165, 1.54) is 6.26 Å². The summed E-state index contributed by atoms with van der Waals surface area (Å²) in [5, 5.41) is 0. The van der Waals surface area contributed by atoms with Crippen molar-refractivity contribution in [3.05, 3.63) is 36.1 Å². The van der Waals surface area contributed by atoms with E-state index >= 15 is 0 Å². The van der Waals surface area contributed by atoms with Gasteiger partial charge in [-0.3, -0.25) is 0 Å². The van der Waals surface area contributed by atoms with Crippen molar-refractivity contribution >= 4 is 6.01 Å². The van der Waals surface area contributed by atoms with Gasteiger partial charge in [0.2, 0.25) is 0 Å². The molecule has 0 saturated carbocycles. The Kier molecular flexibility index (Phi) is 2.20. The molecule has 4 nitrogen and oxygen atoms in total. The third kappa shape index (κ3) is 1.60. The Labute approximate surface area is 81.5 Å². The molecule has 1 aromatic carbocycles. The standard InChI is InChI=1S/C10H11N3O/c11-5-7-1-3-8(4-2-7)9-6-14-10(12)13-9/h1-4,6H,5,11H2,(H2,12,13). The first kappa shape index (κ1) is 8.77. The fourth-order valence-electron chi connectivity index (χ4n) is 1.23. The third-order valence-corrected chi connectivity index (χ3v) is 2.01.